The molecule has 122 heavy (non-hydrogen) atoms. The van der Waals surface area contributed by atoms with Crippen LogP contribution in [0.15, 0.2) is 0 Å². The molecule has 4 spiro atoms. The van der Waals surface area contributed by atoms with Gasteiger partial charge in [-0.2, -0.15) is 0 Å². The van der Waals surface area contributed by atoms with Crippen LogP contribution in [-0.4, -0.2) is 192 Å². The summed E-state index contributed by atoms with van der Waals surface area (Å²) in [5.74, 6) is -6.63. The third-order valence-electron chi connectivity index (χ3n) is 32.2. The molecule has 0 radical (unpaired) electrons. The number of carbonyl (C=O) groups is 8. The Hall–Kier alpha value is -4.88. The van der Waals surface area contributed by atoms with Crippen molar-refractivity contribution in [2.45, 2.75) is 384 Å². The fraction of sp³-hybridized carbons (Fsp3) is 0.911. The molecular formula is C90H138N4O28. The van der Waals surface area contributed by atoms with Gasteiger partial charge in [-0.25, -0.2) is 39.1 Å². The molecule has 16 heterocycles. The van der Waals surface area contributed by atoms with Crippen LogP contribution in [0.2, 0.25) is 0 Å². The van der Waals surface area contributed by atoms with Crippen LogP contribution < -0.4 is 10.6 Å². The van der Waals surface area contributed by atoms with E-state index in [2.05, 4.69) is 38.3 Å². The van der Waals surface area contributed by atoms with Crippen molar-refractivity contribution in [1.82, 2.24) is 20.4 Å². The maximum atomic E-state index is 14.4. The molecule has 16 aliphatic heterocycles. The van der Waals surface area contributed by atoms with Crippen molar-refractivity contribution in [3.05, 3.63) is 0 Å². The quantitative estimate of drug-likeness (QED) is 0.0267. The van der Waals surface area contributed by atoms with Crippen LogP contribution in [0.3, 0.4) is 0 Å². The minimum absolute atomic E-state index is 0.0416. The predicted molar refractivity (Wildman–Crippen MR) is 425 cm³/mol. The van der Waals surface area contributed by atoms with E-state index in [1.165, 1.54) is 0 Å². The van der Waals surface area contributed by atoms with E-state index in [0.29, 0.717) is 88.1 Å². The van der Waals surface area contributed by atoms with Crippen LogP contribution in [0.25, 0.3) is 0 Å². The van der Waals surface area contributed by atoms with Crippen molar-refractivity contribution in [3.63, 3.8) is 0 Å². The smallest absolute Gasteiger partial charge is 0.308 e. The van der Waals surface area contributed by atoms with E-state index in [0.717, 1.165) is 103 Å². The molecule has 8 bridgehead atoms. The summed E-state index contributed by atoms with van der Waals surface area (Å²) in [6.45, 7) is 26.1. The van der Waals surface area contributed by atoms with Crippen LogP contribution in [0, 0.1) is 94.7 Å². The largest absolute Gasteiger partial charge is 0.435 e. The van der Waals surface area contributed by atoms with Gasteiger partial charge in [-0.05, 0) is 178 Å². The third kappa shape index (κ3) is 17.6. The second-order valence-corrected chi connectivity index (χ2v) is 40.3. The van der Waals surface area contributed by atoms with Crippen molar-refractivity contribution in [2.75, 3.05) is 39.3 Å². The number of esters is 4. The Balaban J connectivity index is 0.506. The van der Waals surface area contributed by atoms with E-state index < -0.39 is 120 Å². The van der Waals surface area contributed by atoms with Crippen molar-refractivity contribution < 1.29 is 134 Å². The molecule has 20 fully saturated rings. The Kier molecular flexibility index (Phi) is 27.1. The second-order valence-electron chi connectivity index (χ2n) is 40.3. The van der Waals surface area contributed by atoms with E-state index in [1.54, 1.807) is 9.80 Å². The number of fused-ring (bicyclic) bond motifs is 8. The molecule has 4 aliphatic carbocycles. The molecule has 16 saturated heterocycles. The molecule has 4 saturated carbocycles. The second kappa shape index (κ2) is 36.6. The van der Waals surface area contributed by atoms with Gasteiger partial charge in [0, 0.05) is 138 Å². The summed E-state index contributed by atoms with van der Waals surface area (Å²) in [7, 11) is 0. The predicted octanol–water partition coefficient (Wildman–Crippen LogP) is 12.1. The molecular weight excluding hydrogens is 1580 g/mol. The Morgan fingerprint density at radius 3 is 0.811 bits per heavy atom. The first-order chi connectivity index (χ1) is 58.3. The van der Waals surface area contributed by atoms with Crippen LogP contribution in [-0.2, 0) is 134 Å². The van der Waals surface area contributed by atoms with Crippen LogP contribution in [0.1, 0.15) is 289 Å². The Morgan fingerprint density at radius 1 is 0.295 bits per heavy atom. The number of hydrogen-bond acceptors (Lipinski definition) is 28. The lowest BCUT2D eigenvalue weighted by molar-refractivity contribution is -0.576. The summed E-state index contributed by atoms with van der Waals surface area (Å²) in [5, 5.41) is 5.85. The van der Waals surface area contributed by atoms with Gasteiger partial charge in [0.1, 0.15) is 0 Å². The lowest BCUT2D eigenvalue weighted by Gasteiger charge is -2.59. The zero-order chi connectivity index (χ0) is 86.1. The molecule has 2 N–H and O–H groups in total. The van der Waals surface area contributed by atoms with Gasteiger partial charge in [0.15, 0.2) is 47.6 Å². The number of ether oxygens (including phenoxy) is 12. The van der Waals surface area contributed by atoms with E-state index in [4.69, 9.17) is 95.9 Å². The fourth-order valence-corrected chi connectivity index (χ4v) is 25.2. The zero-order valence-electron chi connectivity index (χ0n) is 74.1. The van der Waals surface area contributed by atoms with Crippen LogP contribution in [0.5, 0.6) is 0 Å². The molecule has 0 aromatic carbocycles. The Labute approximate surface area is 717 Å². The summed E-state index contributed by atoms with van der Waals surface area (Å²) in [6.07, 6.45) is 10.5. The lowest BCUT2D eigenvalue weighted by atomic mass is 9.58. The van der Waals surface area contributed by atoms with E-state index in [9.17, 15) is 38.4 Å². The topological polar surface area (TPSA) is 352 Å². The number of carbonyl (C=O) groups excluding carboxylic acids is 8. The average molecular weight is 1720 g/mol. The van der Waals surface area contributed by atoms with Crippen molar-refractivity contribution >= 4 is 47.5 Å². The number of hydrogen-bond donors (Lipinski definition) is 2. The first-order valence-corrected chi connectivity index (χ1v) is 47.0. The molecule has 20 aliphatic rings. The number of nitrogens with one attached hydrogen (secondary N) is 2. The zero-order valence-corrected chi connectivity index (χ0v) is 74.1. The number of unbranched alkanes of at least 4 members (excludes halogenated alkanes) is 5. The van der Waals surface area contributed by atoms with Crippen molar-refractivity contribution in [2.24, 2.45) is 94.7 Å². The van der Waals surface area contributed by atoms with Crippen LogP contribution in [0.4, 0.5) is 0 Å². The fourth-order valence-electron chi connectivity index (χ4n) is 25.2. The van der Waals surface area contributed by atoms with Gasteiger partial charge in [0.25, 0.3) is 0 Å². The molecule has 0 aromatic rings. The maximum absolute atomic E-state index is 14.4. The molecule has 686 valence electrons. The minimum atomic E-state index is -1.01. The number of rotatable bonds is 33. The summed E-state index contributed by atoms with van der Waals surface area (Å²) in [5.41, 5.74) is -3.30. The molecule has 0 aromatic heterocycles. The highest BCUT2D eigenvalue weighted by molar-refractivity contribution is 5.83. The van der Waals surface area contributed by atoms with Crippen molar-refractivity contribution in [3.8, 4) is 0 Å². The Bertz CT molecular complexity index is 3540. The van der Waals surface area contributed by atoms with Gasteiger partial charge in [0.05, 0.1) is 25.7 Å². The number of nitrogens with zero attached hydrogens (tertiary/aromatic N) is 2. The third-order valence-corrected chi connectivity index (χ3v) is 32.2. The van der Waals surface area contributed by atoms with Crippen LogP contribution >= 0.6 is 0 Å². The highest BCUT2D eigenvalue weighted by Crippen LogP contribution is 2.66. The number of amides is 4. The molecule has 0 unspecified atom stereocenters. The van der Waals surface area contributed by atoms with E-state index >= 15 is 0 Å². The van der Waals surface area contributed by atoms with Gasteiger partial charge < -0.3 is 77.3 Å². The first-order valence-electron chi connectivity index (χ1n) is 47.0. The van der Waals surface area contributed by atoms with Gasteiger partial charge in [-0.3, -0.25) is 38.4 Å². The van der Waals surface area contributed by atoms with Crippen molar-refractivity contribution in [1.29, 1.82) is 0 Å². The monoisotopic (exact) mass is 1720 g/mol. The van der Waals surface area contributed by atoms with E-state index in [1.807, 2.05) is 55.4 Å². The molecule has 32 heteroatoms. The molecule has 4 amide bonds. The highest BCUT2D eigenvalue weighted by atomic mass is 17.3. The Morgan fingerprint density at radius 2 is 0.541 bits per heavy atom. The van der Waals surface area contributed by atoms with Gasteiger partial charge in [-0.15, -0.1) is 0 Å². The SMILES string of the molecule is C[C@H]1[C@H](OC(=O)CCC(=O)NCCCN(CCCCCCCCN(CCCNC(=O)CCC(=O)O[C@@H]2O[C@@H]3O[C@@]4(C)CC[C@H]5[C@H](C)CC[C@@H]([C@H]2C)[C@@]35OO4)C(=O)CCC(=O)O[C@@H]2O[C@@H]3O[C@@]4(C)CC[C@H]5[C@H](C)CC[C@@H]([C@H]2C)[C@@]35OO4)C(=O)CCC(=O)O[C@@H]2O[C@@H]3O[C@@]4(C)CC[C@H]5[C@H](C)CC[C@@H]([C@H]2C)[C@@]35OO4)O[C@@H]2O[C@@]3(C)CC[C@H]4[C@H](C)CC[C@@H]1[C@@]24OO3. The minimum Gasteiger partial charge on any atom is -0.435 e. The maximum Gasteiger partial charge on any atom is 0.308 e. The summed E-state index contributed by atoms with van der Waals surface area (Å²) < 4.78 is 76.1. The average Bonchev–Trinajstić information content (AvgIpc) is 1.41. The summed E-state index contributed by atoms with van der Waals surface area (Å²) in [4.78, 5) is 163. The summed E-state index contributed by atoms with van der Waals surface area (Å²) in [6, 6.07) is 0. The van der Waals surface area contributed by atoms with E-state index in [-0.39, 0.29) is 172 Å². The van der Waals surface area contributed by atoms with Gasteiger partial charge in [0.2, 0.25) is 71.9 Å². The van der Waals surface area contributed by atoms with Gasteiger partial charge >= 0.3 is 23.9 Å². The molecule has 32 atom stereocenters. The molecule has 32 nitrogen and oxygen atoms in total. The normalized spacial score (nSPS) is 44.6. The lowest BCUT2D eigenvalue weighted by Crippen LogP contribution is -2.70. The standard InChI is InChI=1S/C90H138N4O28/c1-51-21-25-63-55(5)75(107-79-87(63)59(51)37-41-83(9,111-79)115-119-87)103-71(99)33-29-67(95)91-45-19-49-93(69(97)31-35-73(101)105-77-57(7)65-27-23-53(3)61-39-43-85(11)113-81(109-77)89(61,65)121-117-85)47-17-15-13-14-16-18-48-94(70(98)32-36-74(102)106-78-58(8)66-28-24-54(4)62-40-44-86(12)114-82(110-78)90(62,66)122-118-86)50-20-46-92-68(96)30-34-72(100)104-76-56(6)64-26-22-52(2)60-38-42-84(10)112-80(108-76)88(60,64)120-116-84/h51-66,75-82H,13-50H2,1-12H3,(H,91,95)(H,92,96)/t51-,52-,53-,54-,55-,56-,57-,58-,59+,60+,61+,62+,63+,64+,65+,66+,75-,76-,77-,78-,79-,80-,81-,82-,83-,84-,85-,86-,87-,88-,89-,90-/m1/s1. The summed E-state index contributed by atoms with van der Waals surface area (Å²) >= 11 is 0. The van der Waals surface area contributed by atoms with Gasteiger partial charge in [-0.1, -0.05) is 81.1 Å². The first kappa shape index (κ1) is 90.5. The molecule has 20 rings (SSSR count). The highest BCUT2D eigenvalue weighted by Gasteiger charge is 2.75.